The molecule has 0 N–H and O–H groups in total. The number of piperidine rings is 1. The van der Waals surface area contributed by atoms with E-state index in [2.05, 4.69) is 19.8 Å². The van der Waals surface area contributed by atoms with Crippen LogP contribution in [0.2, 0.25) is 0 Å². The predicted octanol–water partition coefficient (Wildman–Crippen LogP) is 2.47. The van der Waals surface area contributed by atoms with Crippen LogP contribution in [0, 0.1) is 0 Å². The largest absolute Gasteiger partial charge is 0.379 e. The second-order valence-electron chi connectivity index (χ2n) is 7.21. The number of ether oxygens (including phenoxy) is 1. The average Bonchev–Trinajstić information content (AvgIpc) is 2.75. The maximum Gasteiger partial charge on any atom is 0.254 e. The van der Waals surface area contributed by atoms with E-state index in [4.69, 9.17) is 4.74 Å². The number of carbonyl (C=O) groups excluding carboxylic acids is 1. The van der Waals surface area contributed by atoms with Crippen LogP contribution >= 0.6 is 0 Å². The molecule has 27 heavy (non-hydrogen) atoms. The summed E-state index contributed by atoms with van der Waals surface area (Å²) in [5.74, 6) is 0.765. The fourth-order valence-electron chi connectivity index (χ4n) is 3.94. The number of benzene rings is 1. The summed E-state index contributed by atoms with van der Waals surface area (Å²) >= 11 is 0. The van der Waals surface area contributed by atoms with Crippen molar-refractivity contribution >= 4 is 5.91 Å². The molecule has 3 heterocycles. The minimum Gasteiger partial charge on any atom is -0.379 e. The Hall–Kier alpha value is -2.31. The molecule has 2 aliphatic heterocycles. The number of morpholine rings is 1. The third-order valence-corrected chi connectivity index (χ3v) is 5.39. The fraction of sp³-hybridized carbons (Fsp3) is 0.476. The van der Waals surface area contributed by atoms with Crippen LogP contribution in [-0.4, -0.2) is 71.1 Å². The zero-order chi connectivity index (χ0) is 18.5. The Morgan fingerprint density at radius 2 is 1.89 bits per heavy atom. The standard InChI is InChI=1S/C21H26N4O2/c26-21(18-6-3-5-17(15-18)20-22-8-4-9-23-20)25-10-2-1-7-19(25)16-24-11-13-27-14-12-24/h3-6,8-9,15,19H,1-2,7,10-14,16H2. The summed E-state index contributed by atoms with van der Waals surface area (Å²) in [4.78, 5) is 26.4. The normalized spacial score (nSPS) is 21.2. The first-order valence-corrected chi connectivity index (χ1v) is 9.80. The molecule has 142 valence electrons. The second kappa shape index (κ2) is 8.59. The molecule has 0 radical (unpaired) electrons. The summed E-state index contributed by atoms with van der Waals surface area (Å²) in [7, 11) is 0. The SMILES string of the molecule is O=C(c1cccc(-c2ncccn2)c1)N1CCCCC1CN1CCOCC1. The van der Waals surface area contributed by atoms with Crippen LogP contribution in [0.5, 0.6) is 0 Å². The van der Waals surface area contributed by atoms with E-state index in [0.29, 0.717) is 11.4 Å². The summed E-state index contributed by atoms with van der Waals surface area (Å²) in [5, 5.41) is 0. The molecule has 1 aromatic heterocycles. The predicted molar refractivity (Wildman–Crippen MR) is 103 cm³/mol. The topological polar surface area (TPSA) is 58.6 Å². The quantitative estimate of drug-likeness (QED) is 0.832. The summed E-state index contributed by atoms with van der Waals surface area (Å²) in [5.41, 5.74) is 1.59. The van der Waals surface area contributed by atoms with Crippen molar-refractivity contribution in [2.24, 2.45) is 0 Å². The highest BCUT2D eigenvalue weighted by atomic mass is 16.5. The molecule has 2 fully saturated rings. The van der Waals surface area contributed by atoms with Gasteiger partial charge in [-0.1, -0.05) is 12.1 Å². The van der Waals surface area contributed by atoms with Gasteiger partial charge in [0.2, 0.25) is 0 Å². The minimum atomic E-state index is 0.116. The van der Waals surface area contributed by atoms with Gasteiger partial charge in [0.1, 0.15) is 0 Å². The van der Waals surface area contributed by atoms with Gasteiger partial charge in [-0.3, -0.25) is 9.69 Å². The van der Waals surface area contributed by atoms with Crippen LogP contribution in [-0.2, 0) is 4.74 Å². The maximum atomic E-state index is 13.3. The van der Waals surface area contributed by atoms with Gasteiger partial charge < -0.3 is 9.64 Å². The van der Waals surface area contributed by atoms with Crippen molar-refractivity contribution in [1.82, 2.24) is 19.8 Å². The lowest BCUT2D eigenvalue weighted by molar-refractivity contribution is 0.0166. The van der Waals surface area contributed by atoms with Crippen LogP contribution in [0.25, 0.3) is 11.4 Å². The third-order valence-electron chi connectivity index (χ3n) is 5.39. The van der Waals surface area contributed by atoms with E-state index < -0.39 is 0 Å². The Kier molecular flexibility index (Phi) is 5.75. The first-order chi connectivity index (χ1) is 13.3. The Labute approximate surface area is 160 Å². The smallest absolute Gasteiger partial charge is 0.254 e. The van der Waals surface area contributed by atoms with E-state index in [-0.39, 0.29) is 11.9 Å². The van der Waals surface area contributed by atoms with Crippen molar-refractivity contribution in [3.8, 4) is 11.4 Å². The Balaban J connectivity index is 1.51. The number of hydrogen-bond donors (Lipinski definition) is 0. The van der Waals surface area contributed by atoms with Crippen molar-refractivity contribution in [3.05, 3.63) is 48.3 Å². The van der Waals surface area contributed by atoms with Crippen LogP contribution < -0.4 is 0 Å². The van der Waals surface area contributed by atoms with Gasteiger partial charge >= 0.3 is 0 Å². The molecule has 2 aromatic rings. The molecule has 0 aliphatic carbocycles. The van der Waals surface area contributed by atoms with Crippen molar-refractivity contribution in [2.75, 3.05) is 39.4 Å². The van der Waals surface area contributed by atoms with Gasteiger partial charge in [0.15, 0.2) is 5.82 Å². The van der Waals surface area contributed by atoms with Crippen LogP contribution in [0.15, 0.2) is 42.7 Å². The van der Waals surface area contributed by atoms with Gasteiger partial charge in [0.05, 0.1) is 13.2 Å². The number of likely N-dealkylation sites (tertiary alicyclic amines) is 1. The fourth-order valence-corrected chi connectivity index (χ4v) is 3.94. The number of carbonyl (C=O) groups is 1. The number of nitrogens with zero attached hydrogens (tertiary/aromatic N) is 4. The molecule has 6 nitrogen and oxygen atoms in total. The summed E-state index contributed by atoms with van der Waals surface area (Å²) < 4.78 is 5.45. The lowest BCUT2D eigenvalue weighted by atomic mass is 9.99. The van der Waals surface area contributed by atoms with Crippen LogP contribution in [0.1, 0.15) is 29.6 Å². The number of rotatable bonds is 4. The molecule has 1 unspecified atom stereocenters. The zero-order valence-corrected chi connectivity index (χ0v) is 15.6. The first kappa shape index (κ1) is 18.1. The molecule has 0 bridgehead atoms. The van der Waals surface area contributed by atoms with E-state index >= 15 is 0 Å². The van der Waals surface area contributed by atoms with E-state index in [1.54, 1.807) is 18.5 Å². The molecule has 6 heteroatoms. The second-order valence-corrected chi connectivity index (χ2v) is 7.21. The van der Waals surface area contributed by atoms with Crippen molar-refractivity contribution < 1.29 is 9.53 Å². The highest BCUT2D eigenvalue weighted by molar-refractivity contribution is 5.95. The molecular formula is C21H26N4O2. The minimum absolute atomic E-state index is 0.116. The Morgan fingerprint density at radius 3 is 2.70 bits per heavy atom. The molecule has 0 spiro atoms. The van der Waals surface area contributed by atoms with Crippen molar-refractivity contribution in [1.29, 1.82) is 0 Å². The lowest BCUT2D eigenvalue weighted by Crippen LogP contribution is -2.51. The number of hydrogen-bond acceptors (Lipinski definition) is 5. The lowest BCUT2D eigenvalue weighted by Gasteiger charge is -2.39. The highest BCUT2D eigenvalue weighted by Crippen LogP contribution is 2.23. The van der Waals surface area contributed by atoms with Gasteiger partial charge in [-0.05, 0) is 37.5 Å². The van der Waals surface area contributed by atoms with E-state index in [0.717, 1.165) is 57.8 Å². The Morgan fingerprint density at radius 1 is 1.07 bits per heavy atom. The van der Waals surface area contributed by atoms with E-state index in [1.165, 1.54) is 6.42 Å². The van der Waals surface area contributed by atoms with Crippen molar-refractivity contribution in [3.63, 3.8) is 0 Å². The number of amides is 1. The van der Waals surface area contributed by atoms with Gasteiger partial charge in [-0.15, -0.1) is 0 Å². The molecule has 0 saturated carbocycles. The first-order valence-electron chi connectivity index (χ1n) is 9.80. The molecular weight excluding hydrogens is 340 g/mol. The van der Waals surface area contributed by atoms with E-state index in [9.17, 15) is 4.79 Å². The van der Waals surface area contributed by atoms with Crippen LogP contribution in [0.4, 0.5) is 0 Å². The average molecular weight is 366 g/mol. The molecule has 2 aliphatic rings. The summed E-state index contributed by atoms with van der Waals surface area (Å²) in [6.45, 7) is 5.27. The summed E-state index contributed by atoms with van der Waals surface area (Å²) in [6, 6.07) is 9.75. The number of aromatic nitrogens is 2. The third kappa shape index (κ3) is 4.34. The van der Waals surface area contributed by atoms with Gasteiger partial charge in [0, 0.05) is 55.7 Å². The van der Waals surface area contributed by atoms with Crippen LogP contribution in [0.3, 0.4) is 0 Å². The summed E-state index contributed by atoms with van der Waals surface area (Å²) in [6.07, 6.45) is 6.79. The van der Waals surface area contributed by atoms with Gasteiger partial charge in [0.25, 0.3) is 5.91 Å². The molecule has 1 aromatic carbocycles. The molecule has 4 rings (SSSR count). The highest BCUT2D eigenvalue weighted by Gasteiger charge is 2.29. The monoisotopic (exact) mass is 366 g/mol. The van der Waals surface area contributed by atoms with Crippen molar-refractivity contribution in [2.45, 2.75) is 25.3 Å². The van der Waals surface area contributed by atoms with Gasteiger partial charge in [-0.25, -0.2) is 9.97 Å². The van der Waals surface area contributed by atoms with E-state index in [1.807, 2.05) is 24.3 Å². The molecule has 1 amide bonds. The zero-order valence-electron chi connectivity index (χ0n) is 15.6. The maximum absolute atomic E-state index is 13.3. The molecule has 1 atom stereocenters. The Bertz CT molecular complexity index is 762. The van der Waals surface area contributed by atoms with Gasteiger partial charge in [-0.2, -0.15) is 0 Å². The molecule has 2 saturated heterocycles.